The van der Waals surface area contributed by atoms with Gasteiger partial charge in [-0.15, -0.1) is 0 Å². The fourth-order valence-electron chi connectivity index (χ4n) is 3.12. The highest BCUT2D eigenvalue weighted by atomic mass is 16.5. The van der Waals surface area contributed by atoms with Crippen molar-refractivity contribution in [1.29, 1.82) is 0 Å². The van der Waals surface area contributed by atoms with Gasteiger partial charge in [-0.1, -0.05) is 30.3 Å². The number of aryl methyl sites for hydroxylation is 1. The molecule has 0 N–H and O–H groups in total. The number of hydrogen-bond donors (Lipinski definition) is 0. The number of carbonyl (C=O) groups is 1. The van der Waals surface area contributed by atoms with E-state index in [2.05, 4.69) is 23.4 Å². The first kappa shape index (κ1) is 16.7. The van der Waals surface area contributed by atoms with Crippen LogP contribution in [0.2, 0.25) is 0 Å². The topological polar surface area (TPSA) is 47.4 Å². The number of ether oxygens (including phenoxy) is 1. The van der Waals surface area contributed by atoms with Gasteiger partial charge in [0.1, 0.15) is 6.61 Å². The summed E-state index contributed by atoms with van der Waals surface area (Å²) in [6.45, 7) is 4.32. The minimum absolute atomic E-state index is 0.0802. The average molecular weight is 327 g/mol. The summed E-state index contributed by atoms with van der Waals surface area (Å²) in [5.74, 6) is 0.0802. The van der Waals surface area contributed by atoms with Crippen molar-refractivity contribution in [2.24, 2.45) is 0 Å². The van der Waals surface area contributed by atoms with Crippen molar-refractivity contribution in [2.45, 2.75) is 32.2 Å². The smallest absolute Gasteiger partial charge is 0.248 e. The summed E-state index contributed by atoms with van der Waals surface area (Å²) in [6.07, 6.45) is 6.84. The van der Waals surface area contributed by atoms with E-state index in [-0.39, 0.29) is 18.6 Å². The van der Waals surface area contributed by atoms with Gasteiger partial charge in [0, 0.05) is 19.3 Å². The number of amides is 1. The molecule has 1 amide bonds. The summed E-state index contributed by atoms with van der Waals surface area (Å²) in [5.41, 5.74) is 2.39. The van der Waals surface area contributed by atoms with Crippen LogP contribution in [-0.2, 0) is 16.0 Å². The Morgan fingerprint density at radius 2 is 2.17 bits per heavy atom. The number of aromatic nitrogens is 2. The van der Waals surface area contributed by atoms with E-state index in [0.717, 1.165) is 37.9 Å². The maximum absolute atomic E-state index is 12.4. The zero-order valence-electron chi connectivity index (χ0n) is 14.2. The molecule has 5 heteroatoms. The highest BCUT2D eigenvalue weighted by Gasteiger charge is 2.25. The third-order valence-electron chi connectivity index (χ3n) is 4.46. The quantitative estimate of drug-likeness (QED) is 0.766. The Kier molecular flexibility index (Phi) is 5.64. The van der Waals surface area contributed by atoms with Gasteiger partial charge >= 0.3 is 0 Å². The Morgan fingerprint density at radius 3 is 2.92 bits per heavy atom. The first-order chi connectivity index (χ1) is 11.7. The normalized spacial score (nSPS) is 17.9. The Balaban J connectivity index is 1.43. The zero-order chi connectivity index (χ0) is 16.8. The van der Waals surface area contributed by atoms with Crippen molar-refractivity contribution >= 4 is 5.91 Å². The van der Waals surface area contributed by atoms with E-state index in [1.54, 1.807) is 0 Å². The van der Waals surface area contributed by atoms with Crippen LogP contribution in [0.15, 0.2) is 42.7 Å². The third-order valence-corrected chi connectivity index (χ3v) is 4.46. The monoisotopic (exact) mass is 327 g/mol. The molecule has 1 fully saturated rings. The van der Waals surface area contributed by atoms with Gasteiger partial charge in [-0.25, -0.2) is 0 Å². The second kappa shape index (κ2) is 8.11. The van der Waals surface area contributed by atoms with Crippen LogP contribution in [-0.4, -0.2) is 46.9 Å². The van der Waals surface area contributed by atoms with Gasteiger partial charge in [0.05, 0.1) is 18.8 Å². The molecule has 0 radical (unpaired) electrons. The lowest BCUT2D eigenvalue weighted by Crippen LogP contribution is -2.42. The van der Waals surface area contributed by atoms with Crippen LogP contribution in [0.3, 0.4) is 0 Å². The molecule has 0 unspecified atom stereocenters. The van der Waals surface area contributed by atoms with Gasteiger partial charge in [0.2, 0.25) is 5.91 Å². The molecule has 0 aliphatic carbocycles. The largest absolute Gasteiger partial charge is 0.371 e. The molecule has 1 atom stereocenters. The number of benzene rings is 1. The highest BCUT2D eigenvalue weighted by molar-refractivity contribution is 5.77. The Labute approximate surface area is 143 Å². The Bertz CT molecular complexity index is 654. The molecular formula is C19H25N3O2. The Hall–Kier alpha value is -2.14. The molecule has 3 rings (SSSR count). The lowest BCUT2D eigenvalue weighted by molar-refractivity contribution is -0.137. The van der Waals surface area contributed by atoms with Crippen LogP contribution >= 0.6 is 0 Å². The average Bonchev–Trinajstić information content (AvgIpc) is 3.06. The summed E-state index contributed by atoms with van der Waals surface area (Å²) in [6, 6.07) is 10.5. The molecule has 1 aromatic heterocycles. The molecule has 0 spiro atoms. The van der Waals surface area contributed by atoms with Gasteiger partial charge in [0.15, 0.2) is 0 Å². The van der Waals surface area contributed by atoms with Crippen LogP contribution in [0.25, 0.3) is 0 Å². The molecule has 1 aliphatic heterocycles. The molecule has 2 heterocycles. The molecule has 0 saturated carbocycles. The number of hydrogen-bond acceptors (Lipinski definition) is 3. The van der Waals surface area contributed by atoms with Crippen LogP contribution in [0.1, 0.15) is 30.0 Å². The first-order valence-electron chi connectivity index (χ1n) is 8.62. The second-order valence-electron chi connectivity index (χ2n) is 6.42. The number of likely N-dealkylation sites (tertiary alicyclic amines) is 1. The molecule has 24 heavy (non-hydrogen) atoms. The van der Waals surface area contributed by atoms with Crippen molar-refractivity contribution in [1.82, 2.24) is 14.7 Å². The minimum atomic E-state index is 0.0802. The first-order valence-corrected chi connectivity index (χ1v) is 8.62. The maximum Gasteiger partial charge on any atom is 0.248 e. The van der Waals surface area contributed by atoms with E-state index >= 15 is 0 Å². The van der Waals surface area contributed by atoms with Crippen molar-refractivity contribution in [2.75, 3.05) is 26.3 Å². The predicted molar refractivity (Wildman–Crippen MR) is 92.8 cm³/mol. The molecule has 2 aromatic rings. The van der Waals surface area contributed by atoms with E-state index in [0.29, 0.717) is 6.61 Å². The number of piperidine rings is 1. The van der Waals surface area contributed by atoms with E-state index in [9.17, 15) is 4.79 Å². The van der Waals surface area contributed by atoms with Gasteiger partial charge < -0.3 is 9.64 Å². The SMILES string of the molecule is Cc1cnn([C@H]2CCCN(C(=O)COCCc3ccccc3)C2)c1. The van der Waals surface area contributed by atoms with Gasteiger partial charge in [-0.05, 0) is 37.3 Å². The lowest BCUT2D eigenvalue weighted by atomic mass is 10.1. The summed E-state index contributed by atoms with van der Waals surface area (Å²) >= 11 is 0. The van der Waals surface area contributed by atoms with E-state index in [1.165, 1.54) is 5.56 Å². The van der Waals surface area contributed by atoms with Crippen LogP contribution in [0, 0.1) is 6.92 Å². The zero-order valence-corrected chi connectivity index (χ0v) is 14.2. The summed E-state index contributed by atoms with van der Waals surface area (Å²) in [7, 11) is 0. The molecule has 5 nitrogen and oxygen atoms in total. The van der Waals surface area contributed by atoms with E-state index in [1.807, 2.05) is 40.9 Å². The predicted octanol–water partition coefficient (Wildman–Crippen LogP) is 2.61. The van der Waals surface area contributed by atoms with Crippen LogP contribution < -0.4 is 0 Å². The number of rotatable bonds is 6. The Morgan fingerprint density at radius 1 is 1.33 bits per heavy atom. The van der Waals surface area contributed by atoms with Crippen molar-refractivity contribution in [3.63, 3.8) is 0 Å². The summed E-state index contributed by atoms with van der Waals surface area (Å²) in [5, 5.41) is 4.39. The van der Waals surface area contributed by atoms with Crippen molar-refractivity contribution in [3.8, 4) is 0 Å². The third kappa shape index (κ3) is 4.45. The van der Waals surface area contributed by atoms with Crippen molar-refractivity contribution in [3.05, 3.63) is 53.9 Å². The second-order valence-corrected chi connectivity index (χ2v) is 6.42. The highest BCUT2D eigenvalue weighted by Crippen LogP contribution is 2.21. The lowest BCUT2D eigenvalue weighted by Gasteiger charge is -2.32. The van der Waals surface area contributed by atoms with Crippen LogP contribution in [0.5, 0.6) is 0 Å². The van der Waals surface area contributed by atoms with Gasteiger partial charge in [-0.3, -0.25) is 9.48 Å². The maximum atomic E-state index is 12.4. The minimum Gasteiger partial charge on any atom is -0.371 e. The van der Waals surface area contributed by atoms with E-state index < -0.39 is 0 Å². The molecular weight excluding hydrogens is 302 g/mol. The molecule has 1 aromatic carbocycles. The fraction of sp³-hybridized carbons (Fsp3) is 0.474. The van der Waals surface area contributed by atoms with Gasteiger partial charge in [0.25, 0.3) is 0 Å². The molecule has 1 aliphatic rings. The van der Waals surface area contributed by atoms with Crippen LogP contribution in [0.4, 0.5) is 0 Å². The summed E-state index contributed by atoms with van der Waals surface area (Å²) < 4.78 is 7.58. The molecule has 1 saturated heterocycles. The standard InChI is InChI=1S/C19H25N3O2/c1-16-12-20-22(13-16)18-8-5-10-21(14-18)19(23)15-24-11-9-17-6-3-2-4-7-17/h2-4,6-7,12-13,18H,5,8-11,14-15H2,1H3/t18-/m0/s1. The van der Waals surface area contributed by atoms with Gasteiger partial charge in [-0.2, -0.15) is 5.10 Å². The molecule has 128 valence electrons. The fourth-order valence-corrected chi connectivity index (χ4v) is 3.12. The van der Waals surface area contributed by atoms with Crippen molar-refractivity contribution < 1.29 is 9.53 Å². The molecule has 0 bridgehead atoms. The summed E-state index contributed by atoms with van der Waals surface area (Å²) in [4.78, 5) is 14.3. The number of nitrogens with zero attached hydrogens (tertiary/aromatic N) is 3. The van der Waals surface area contributed by atoms with E-state index in [4.69, 9.17) is 4.74 Å². The number of carbonyl (C=O) groups excluding carboxylic acids is 1.